The van der Waals surface area contributed by atoms with Crippen LogP contribution in [0.4, 0.5) is 0 Å². The van der Waals surface area contributed by atoms with Gasteiger partial charge in [-0.25, -0.2) is 0 Å². The number of hydrogen-bond acceptors (Lipinski definition) is 3. The lowest BCUT2D eigenvalue weighted by molar-refractivity contribution is 0.153. The summed E-state index contributed by atoms with van der Waals surface area (Å²) >= 11 is 4.72. The van der Waals surface area contributed by atoms with Crippen LogP contribution in [0.25, 0.3) is 0 Å². The highest BCUT2D eigenvalue weighted by Crippen LogP contribution is 2.05. The molecule has 0 radical (unpaired) electrons. The quantitative estimate of drug-likeness (QED) is 0.661. The molecule has 0 spiro atoms. The normalized spacial score (nSPS) is 12.9. The van der Waals surface area contributed by atoms with E-state index in [4.69, 9.17) is 22.7 Å². The molecule has 4 heteroatoms. The Morgan fingerprint density at radius 1 is 1.36 bits per heavy atom. The first kappa shape index (κ1) is 13.7. The number of nitrogens with zero attached hydrogens (tertiary/aromatic N) is 1. The zero-order valence-electron chi connectivity index (χ0n) is 9.45. The molecule has 14 heavy (non-hydrogen) atoms. The number of hydrogen-bond donors (Lipinski definition) is 1. The first-order chi connectivity index (χ1) is 6.63. The minimum absolute atomic E-state index is 0.163. The van der Waals surface area contributed by atoms with Crippen molar-refractivity contribution in [2.45, 2.75) is 39.7 Å². The Kier molecular flexibility index (Phi) is 7.80. The number of ether oxygens (including phenoxy) is 1. The molecule has 84 valence electrons. The second-order valence-corrected chi connectivity index (χ2v) is 3.69. The second kappa shape index (κ2) is 8.00. The van der Waals surface area contributed by atoms with E-state index >= 15 is 0 Å². The van der Waals surface area contributed by atoms with E-state index < -0.39 is 0 Å². The van der Waals surface area contributed by atoms with Crippen LogP contribution < -0.4 is 5.73 Å². The Balaban J connectivity index is 3.76. The monoisotopic (exact) mass is 218 g/mol. The van der Waals surface area contributed by atoms with E-state index in [-0.39, 0.29) is 11.3 Å². The van der Waals surface area contributed by atoms with Crippen LogP contribution in [0.3, 0.4) is 0 Å². The summed E-state index contributed by atoms with van der Waals surface area (Å²) in [7, 11) is 0. The molecule has 0 aliphatic rings. The van der Waals surface area contributed by atoms with E-state index in [9.17, 15) is 0 Å². The third-order valence-corrected chi connectivity index (χ3v) is 2.50. The van der Waals surface area contributed by atoms with Crippen molar-refractivity contribution in [2.24, 2.45) is 5.73 Å². The molecule has 0 aromatic heterocycles. The maximum atomic E-state index is 5.34. The van der Waals surface area contributed by atoms with Crippen molar-refractivity contribution in [3.05, 3.63) is 0 Å². The van der Waals surface area contributed by atoms with Gasteiger partial charge in [-0.2, -0.15) is 0 Å². The highest BCUT2D eigenvalue weighted by atomic mass is 32.1. The number of nitrogens with two attached hydrogens (primary N) is 1. The highest BCUT2D eigenvalue weighted by Gasteiger charge is 2.09. The van der Waals surface area contributed by atoms with Gasteiger partial charge in [-0.15, -0.1) is 0 Å². The van der Waals surface area contributed by atoms with Crippen molar-refractivity contribution in [2.75, 3.05) is 19.6 Å². The van der Waals surface area contributed by atoms with Crippen molar-refractivity contribution >= 4 is 17.4 Å². The van der Waals surface area contributed by atoms with Crippen molar-refractivity contribution in [3.63, 3.8) is 0 Å². The van der Waals surface area contributed by atoms with Gasteiger partial charge in [-0.05, 0) is 38.1 Å². The van der Waals surface area contributed by atoms with Crippen LogP contribution in [0, 0.1) is 0 Å². The standard InChI is InChI=1S/C10H22N2OS/c1-4-9(13-10(11)14)7-8-12(5-2)6-3/h9H,4-8H2,1-3H3,(H2,11,14)/t9-/m0/s1. The molecule has 0 fully saturated rings. The van der Waals surface area contributed by atoms with Crippen molar-refractivity contribution in [1.29, 1.82) is 0 Å². The van der Waals surface area contributed by atoms with Crippen LogP contribution in [0.2, 0.25) is 0 Å². The third-order valence-electron chi connectivity index (χ3n) is 2.40. The summed E-state index contributed by atoms with van der Waals surface area (Å²) in [5.74, 6) is 0. The molecule has 2 N–H and O–H groups in total. The van der Waals surface area contributed by atoms with Gasteiger partial charge in [-0.1, -0.05) is 20.8 Å². The van der Waals surface area contributed by atoms with Crippen LogP contribution in [-0.4, -0.2) is 35.8 Å². The lowest BCUT2D eigenvalue weighted by Crippen LogP contribution is -2.29. The predicted octanol–water partition coefficient (Wildman–Crippen LogP) is 1.76. The average Bonchev–Trinajstić information content (AvgIpc) is 2.17. The van der Waals surface area contributed by atoms with Crippen LogP contribution in [0.1, 0.15) is 33.6 Å². The summed E-state index contributed by atoms with van der Waals surface area (Å²) in [5.41, 5.74) is 5.34. The van der Waals surface area contributed by atoms with E-state index in [0.29, 0.717) is 0 Å². The average molecular weight is 218 g/mol. The van der Waals surface area contributed by atoms with Crippen LogP contribution >= 0.6 is 12.2 Å². The zero-order chi connectivity index (χ0) is 11.0. The van der Waals surface area contributed by atoms with Crippen molar-refractivity contribution in [3.8, 4) is 0 Å². The lowest BCUT2D eigenvalue weighted by atomic mass is 10.2. The minimum atomic E-state index is 0.163. The Morgan fingerprint density at radius 2 is 1.93 bits per heavy atom. The number of thiocarbonyl (C=S) groups is 1. The smallest absolute Gasteiger partial charge is 0.254 e. The molecular formula is C10H22N2OS. The van der Waals surface area contributed by atoms with Crippen LogP contribution in [0.15, 0.2) is 0 Å². The van der Waals surface area contributed by atoms with E-state index in [2.05, 4.69) is 25.7 Å². The van der Waals surface area contributed by atoms with Gasteiger partial charge in [0.15, 0.2) is 0 Å². The Morgan fingerprint density at radius 3 is 2.29 bits per heavy atom. The maximum Gasteiger partial charge on any atom is 0.254 e. The summed E-state index contributed by atoms with van der Waals surface area (Å²) in [5, 5.41) is 0.163. The van der Waals surface area contributed by atoms with Crippen LogP contribution in [0.5, 0.6) is 0 Å². The predicted molar refractivity (Wildman–Crippen MR) is 64.4 cm³/mol. The number of rotatable bonds is 7. The fraction of sp³-hybridized carbons (Fsp3) is 0.900. The van der Waals surface area contributed by atoms with E-state index in [1.54, 1.807) is 0 Å². The minimum Gasteiger partial charge on any atom is -0.468 e. The lowest BCUT2D eigenvalue weighted by Gasteiger charge is -2.22. The summed E-state index contributed by atoms with van der Waals surface area (Å²) in [6, 6.07) is 0. The Hall–Kier alpha value is -0.350. The SMILES string of the molecule is CC[C@@H](CCN(CC)CC)OC(N)=S. The Bertz CT molecular complexity index is 160. The maximum absolute atomic E-state index is 5.34. The van der Waals surface area contributed by atoms with Crippen molar-refractivity contribution < 1.29 is 4.74 Å². The summed E-state index contributed by atoms with van der Waals surface area (Å²) < 4.78 is 5.32. The van der Waals surface area contributed by atoms with Crippen molar-refractivity contribution in [1.82, 2.24) is 4.90 Å². The molecular weight excluding hydrogens is 196 g/mol. The molecule has 0 aliphatic heterocycles. The first-order valence-corrected chi connectivity index (χ1v) is 5.73. The van der Waals surface area contributed by atoms with Gasteiger partial charge in [0, 0.05) is 6.54 Å². The molecule has 0 unspecified atom stereocenters. The van der Waals surface area contributed by atoms with Gasteiger partial charge in [-0.3, -0.25) is 0 Å². The Labute approximate surface area is 92.6 Å². The fourth-order valence-corrected chi connectivity index (χ4v) is 1.51. The molecule has 1 atom stereocenters. The van der Waals surface area contributed by atoms with Gasteiger partial charge in [0.1, 0.15) is 6.10 Å². The molecule has 0 heterocycles. The van der Waals surface area contributed by atoms with E-state index in [1.807, 2.05) is 0 Å². The van der Waals surface area contributed by atoms with Gasteiger partial charge < -0.3 is 15.4 Å². The molecule has 0 bridgehead atoms. The third kappa shape index (κ3) is 6.16. The molecule has 0 rings (SSSR count). The summed E-state index contributed by atoms with van der Waals surface area (Å²) in [6.45, 7) is 9.64. The fourth-order valence-electron chi connectivity index (χ4n) is 1.38. The van der Waals surface area contributed by atoms with Gasteiger partial charge >= 0.3 is 0 Å². The molecule has 0 amide bonds. The van der Waals surface area contributed by atoms with Gasteiger partial charge in [0.05, 0.1) is 0 Å². The highest BCUT2D eigenvalue weighted by molar-refractivity contribution is 7.80. The van der Waals surface area contributed by atoms with E-state index in [1.165, 1.54) is 0 Å². The zero-order valence-corrected chi connectivity index (χ0v) is 10.3. The van der Waals surface area contributed by atoms with Gasteiger partial charge in [0.2, 0.25) is 0 Å². The molecule has 0 aromatic rings. The molecule has 0 saturated carbocycles. The molecule has 0 saturated heterocycles. The van der Waals surface area contributed by atoms with E-state index in [0.717, 1.165) is 32.5 Å². The topological polar surface area (TPSA) is 38.5 Å². The molecule has 0 aromatic carbocycles. The summed E-state index contributed by atoms with van der Waals surface area (Å²) in [6.07, 6.45) is 2.13. The molecule has 3 nitrogen and oxygen atoms in total. The van der Waals surface area contributed by atoms with Gasteiger partial charge in [0.25, 0.3) is 5.17 Å². The van der Waals surface area contributed by atoms with Crippen LogP contribution in [-0.2, 0) is 4.74 Å². The largest absolute Gasteiger partial charge is 0.468 e. The second-order valence-electron chi connectivity index (χ2n) is 3.28. The molecule has 0 aliphatic carbocycles. The first-order valence-electron chi connectivity index (χ1n) is 5.32. The summed E-state index contributed by atoms with van der Waals surface area (Å²) in [4.78, 5) is 2.37.